The summed E-state index contributed by atoms with van der Waals surface area (Å²) in [5, 5.41) is 14.9. The van der Waals surface area contributed by atoms with Gasteiger partial charge in [0.05, 0.1) is 30.4 Å². The van der Waals surface area contributed by atoms with E-state index in [0.29, 0.717) is 4.90 Å². The van der Waals surface area contributed by atoms with Gasteiger partial charge in [0.2, 0.25) is 5.91 Å². The summed E-state index contributed by atoms with van der Waals surface area (Å²) >= 11 is 0. The SMILES string of the molecule is COC(=O)[C@@H](CC[S@](=O)c1ccccc1)NC(=O)C[C@H](O)CNC(=O)OCc1ccccc1. The van der Waals surface area contributed by atoms with E-state index in [4.69, 9.17) is 9.47 Å². The van der Waals surface area contributed by atoms with Crippen LogP contribution in [0, 0.1) is 0 Å². The minimum absolute atomic E-state index is 0.0778. The predicted molar refractivity (Wildman–Crippen MR) is 122 cm³/mol. The fourth-order valence-electron chi connectivity index (χ4n) is 2.82. The normalized spacial score (nSPS) is 13.3. The molecule has 2 amide bonds. The summed E-state index contributed by atoms with van der Waals surface area (Å²) in [4.78, 5) is 36.6. The van der Waals surface area contributed by atoms with Crippen LogP contribution in [0.4, 0.5) is 4.79 Å². The fraction of sp³-hybridized carbons (Fsp3) is 0.348. The first-order valence-electron chi connectivity index (χ1n) is 10.3. The van der Waals surface area contributed by atoms with Gasteiger partial charge >= 0.3 is 12.1 Å². The number of amides is 2. The molecule has 0 saturated heterocycles. The van der Waals surface area contributed by atoms with Gasteiger partial charge in [-0.2, -0.15) is 0 Å². The first-order chi connectivity index (χ1) is 15.9. The van der Waals surface area contributed by atoms with Crippen molar-refractivity contribution in [3.63, 3.8) is 0 Å². The number of carbonyl (C=O) groups is 3. The highest BCUT2D eigenvalue weighted by Crippen LogP contribution is 2.09. The van der Waals surface area contributed by atoms with Gasteiger partial charge in [-0.25, -0.2) is 9.59 Å². The van der Waals surface area contributed by atoms with Gasteiger partial charge in [0.15, 0.2) is 0 Å². The second-order valence-electron chi connectivity index (χ2n) is 7.10. The molecule has 0 fully saturated rings. The van der Waals surface area contributed by atoms with E-state index < -0.39 is 40.9 Å². The van der Waals surface area contributed by atoms with Crippen molar-refractivity contribution in [1.82, 2.24) is 10.6 Å². The summed E-state index contributed by atoms with van der Waals surface area (Å²) in [5.41, 5.74) is 0.814. The van der Waals surface area contributed by atoms with Gasteiger partial charge in [-0.05, 0) is 24.1 Å². The van der Waals surface area contributed by atoms with Crippen LogP contribution in [-0.4, -0.2) is 58.8 Å². The standard InChI is InChI=1S/C23H28N2O7S/c1-31-22(28)20(12-13-33(30)19-10-6-3-7-11-19)25-21(27)14-18(26)15-24-23(29)32-16-17-8-4-2-5-9-17/h2-11,18,20,26H,12-16H2,1H3,(H,24,29)(H,25,27)/t18-,20+,33-/m0/s1. The molecular formula is C23H28N2O7S. The summed E-state index contributed by atoms with van der Waals surface area (Å²) in [5.74, 6) is -1.14. The Morgan fingerprint density at radius 2 is 1.67 bits per heavy atom. The molecule has 0 aliphatic rings. The molecule has 0 saturated carbocycles. The van der Waals surface area contributed by atoms with Crippen molar-refractivity contribution in [3.05, 3.63) is 66.2 Å². The Morgan fingerprint density at radius 1 is 1.03 bits per heavy atom. The van der Waals surface area contributed by atoms with E-state index in [2.05, 4.69) is 10.6 Å². The van der Waals surface area contributed by atoms with E-state index >= 15 is 0 Å². The molecule has 178 valence electrons. The summed E-state index contributed by atoms with van der Waals surface area (Å²) < 4.78 is 22.1. The van der Waals surface area contributed by atoms with Crippen LogP contribution in [-0.2, 0) is 36.5 Å². The van der Waals surface area contributed by atoms with Crippen molar-refractivity contribution in [1.29, 1.82) is 0 Å². The molecule has 0 spiro atoms. The molecule has 0 aromatic heterocycles. The third kappa shape index (κ3) is 9.84. The van der Waals surface area contributed by atoms with Gasteiger partial charge in [-0.15, -0.1) is 0 Å². The Balaban J connectivity index is 1.74. The molecule has 0 aliphatic carbocycles. The van der Waals surface area contributed by atoms with Gasteiger partial charge in [0.25, 0.3) is 0 Å². The van der Waals surface area contributed by atoms with E-state index in [-0.39, 0.29) is 31.7 Å². The highest BCUT2D eigenvalue weighted by Gasteiger charge is 2.24. The average molecular weight is 477 g/mol. The Labute approximate surface area is 194 Å². The van der Waals surface area contributed by atoms with Gasteiger partial charge < -0.3 is 25.2 Å². The van der Waals surface area contributed by atoms with Crippen LogP contribution in [0.25, 0.3) is 0 Å². The lowest BCUT2D eigenvalue weighted by Crippen LogP contribution is -2.44. The third-order valence-corrected chi connectivity index (χ3v) is 5.94. The molecule has 33 heavy (non-hydrogen) atoms. The van der Waals surface area contributed by atoms with Crippen molar-refractivity contribution < 1.29 is 33.2 Å². The number of alkyl carbamates (subject to hydrolysis) is 1. The molecule has 0 heterocycles. The molecule has 2 aromatic rings. The van der Waals surface area contributed by atoms with Gasteiger partial charge in [0.1, 0.15) is 12.6 Å². The minimum Gasteiger partial charge on any atom is -0.467 e. The number of esters is 1. The Morgan fingerprint density at radius 3 is 2.30 bits per heavy atom. The Bertz CT molecular complexity index is 925. The minimum atomic E-state index is -1.34. The second-order valence-corrected chi connectivity index (χ2v) is 8.67. The van der Waals surface area contributed by atoms with Crippen molar-refractivity contribution in [3.8, 4) is 0 Å². The molecular weight excluding hydrogens is 448 g/mol. The fourth-order valence-corrected chi connectivity index (χ4v) is 3.97. The number of hydrogen-bond donors (Lipinski definition) is 3. The number of rotatable bonds is 12. The molecule has 10 heteroatoms. The molecule has 0 unspecified atom stereocenters. The lowest BCUT2D eigenvalue weighted by Gasteiger charge is -2.18. The molecule has 0 aliphatic heterocycles. The lowest BCUT2D eigenvalue weighted by molar-refractivity contribution is -0.145. The maximum absolute atomic E-state index is 12.4. The van der Waals surface area contributed by atoms with Gasteiger partial charge in [-0.3, -0.25) is 9.00 Å². The van der Waals surface area contributed by atoms with Crippen molar-refractivity contribution in [2.45, 2.75) is 36.5 Å². The molecule has 0 radical (unpaired) electrons. The first-order valence-corrected chi connectivity index (χ1v) is 11.6. The maximum Gasteiger partial charge on any atom is 0.407 e. The van der Waals surface area contributed by atoms with Crippen LogP contribution in [0.2, 0.25) is 0 Å². The number of nitrogens with one attached hydrogen (secondary N) is 2. The number of ether oxygens (including phenoxy) is 2. The molecule has 9 nitrogen and oxygen atoms in total. The van der Waals surface area contributed by atoms with Crippen LogP contribution in [0.5, 0.6) is 0 Å². The molecule has 3 N–H and O–H groups in total. The summed E-state index contributed by atoms with van der Waals surface area (Å²) in [6, 6.07) is 16.9. The van der Waals surface area contributed by atoms with E-state index in [0.717, 1.165) is 5.56 Å². The zero-order valence-electron chi connectivity index (χ0n) is 18.3. The zero-order valence-corrected chi connectivity index (χ0v) is 19.1. The monoisotopic (exact) mass is 476 g/mol. The van der Waals surface area contributed by atoms with Crippen LogP contribution in [0.3, 0.4) is 0 Å². The third-order valence-electron chi connectivity index (χ3n) is 4.53. The Kier molecular flexibility index (Phi) is 11.1. The van der Waals surface area contributed by atoms with Crippen molar-refractivity contribution in [2.24, 2.45) is 0 Å². The predicted octanol–water partition coefficient (Wildman–Crippen LogP) is 1.52. The van der Waals surface area contributed by atoms with Gasteiger partial charge in [-0.1, -0.05) is 48.5 Å². The van der Waals surface area contributed by atoms with E-state index in [1.165, 1.54) is 7.11 Å². The maximum atomic E-state index is 12.4. The lowest BCUT2D eigenvalue weighted by atomic mass is 10.2. The average Bonchev–Trinajstić information content (AvgIpc) is 2.84. The number of aliphatic hydroxyl groups is 1. The second kappa shape index (κ2) is 14.0. The largest absolute Gasteiger partial charge is 0.467 e. The molecule has 3 atom stereocenters. The van der Waals surface area contributed by atoms with Crippen LogP contribution in [0.1, 0.15) is 18.4 Å². The first kappa shape index (κ1) is 26.0. The Hall–Kier alpha value is -3.24. The molecule has 2 aromatic carbocycles. The highest BCUT2D eigenvalue weighted by molar-refractivity contribution is 7.85. The van der Waals surface area contributed by atoms with Crippen LogP contribution in [0.15, 0.2) is 65.6 Å². The topological polar surface area (TPSA) is 131 Å². The summed E-state index contributed by atoms with van der Waals surface area (Å²) in [7, 11) is -0.152. The number of methoxy groups -OCH3 is 1. The van der Waals surface area contributed by atoms with Crippen LogP contribution < -0.4 is 10.6 Å². The summed E-state index contributed by atoms with van der Waals surface area (Å²) in [6.07, 6.45) is -2.17. The van der Waals surface area contributed by atoms with E-state index in [1.54, 1.807) is 42.5 Å². The van der Waals surface area contributed by atoms with Crippen molar-refractivity contribution >= 4 is 28.8 Å². The van der Waals surface area contributed by atoms with Crippen LogP contribution >= 0.6 is 0 Å². The number of carbonyl (C=O) groups excluding carboxylic acids is 3. The molecule has 0 bridgehead atoms. The quantitative estimate of drug-likeness (QED) is 0.396. The number of hydrogen-bond acceptors (Lipinski definition) is 7. The summed E-state index contributed by atoms with van der Waals surface area (Å²) in [6.45, 7) is -0.129. The zero-order chi connectivity index (χ0) is 24.1. The number of aliphatic hydroxyl groups excluding tert-OH is 1. The smallest absolute Gasteiger partial charge is 0.407 e. The number of benzene rings is 2. The molecule has 2 rings (SSSR count). The van der Waals surface area contributed by atoms with E-state index in [1.807, 2.05) is 18.2 Å². The highest BCUT2D eigenvalue weighted by atomic mass is 32.2. The van der Waals surface area contributed by atoms with E-state index in [9.17, 15) is 23.7 Å². The van der Waals surface area contributed by atoms with Gasteiger partial charge in [0, 0.05) is 17.2 Å². The van der Waals surface area contributed by atoms with Crippen molar-refractivity contribution in [2.75, 3.05) is 19.4 Å².